The van der Waals surface area contributed by atoms with Gasteiger partial charge in [0.1, 0.15) is 0 Å². The Morgan fingerprint density at radius 2 is 2.14 bits per heavy atom. The molecule has 0 aliphatic heterocycles. The van der Waals surface area contributed by atoms with Crippen molar-refractivity contribution in [1.29, 1.82) is 0 Å². The van der Waals surface area contributed by atoms with E-state index >= 15 is 0 Å². The summed E-state index contributed by atoms with van der Waals surface area (Å²) in [6.45, 7) is 0. The van der Waals surface area contributed by atoms with E-state index in [0.29, 0.717) is 12.0 Å². The average Bonchev–Trinajstić information content (AvgIpc) is 2.18. The summed E-state index contributed by atoms with van der Waals surface area (Å²) in [5.74, 6) is -0.704. The fraction of sp³-hybridized carbons (Fsp3) is 0.273. The molecule has 0 fully saturated rings. The van der Waals surface area contributed by atoms with Crippen molar-refractivity contribution in [3.05, 3.63) is 41.8 Å². The summed E-state index contributed by atoms with van der Waals surface area (Å²) >= 11 is 0. The number of rotatable bonds is 1. The van der Waals surface area contributed by atoms with E-state index in [0.717, 1.165) is 12.0 Å². The zero-order valence-electron chi connectivity index (χ0n) is 7.73. The highest BCUT2D eigenvalue weighted by Gasteiger charge is 2.39. The monoisotopic (exact) mass is 190 g/mol. The summed E-state index contributed by atoms with van der Waals surface area (Å²) < 4.78 is 0. The van der Waals surface area contributed by atoms with Gasteiger partial charge in [-0.15, -0.1) is 0 Å². The molecule has 14 heavy (non-hydrogen) atoms. The molecule has 0 aromatic heterocycles. The van der Waals surface area contributed by atoms with Crippen LogP contribution in [0.25, 0.3) is 0 Å². The molecular formula is C11H12NO2. The van der Waals surface area contributed by atoms with Crippen LogP contribution < -0.4 is 5.73 Å². The van der Waals surface area contributed by atoms with Crippen LogP contribution >= 0.6 is 0 Å². The fourth-order valence-electron chi connectivity index (χ4n) is 1.89. The summed E-state index contributed by atoms with van der Waals surface area (Å²) in [6, 6.07) is 7.35. The molecule has 0 saturated carbocycles. The second kappa shape index (κ2) is 3.10. The fourth-order valence-corrected chi connectivity index (χ4v) is 1.89. The standard InChI is InChI=1S/C11H12NO2/c12-10(13)11(14)7-3-5-8-4-1-2-6-9(8)11/h1-2,4,6-7,14H,3,5H2,(H2,12,13). The van der Waals surface area contributed by atoms with E-state index in [-0.39, 0.29) is 0 Å². The number of fused-ring (bicyclic) bond motifs is 1. The number of nitrogens with two attached hydrogens (primary N) is 1. The van der Waals surface area contributed by atoms with E-state index < -0.39 is 11.5 Å². The normalized spacial score (nSPS) is 25.5. The Kier molecular flexibility index (Phi) is 2.04. The molecular weight excluding hydrogens is 178 g/mol. The van der Waals surface area contributed by atoms with Crippen LogP contribution in [0.5, 0.6) is 0 Å². The van der Waals surface area contributed by atoms with Gasteiger partial charge in [-0.1, -0.05) is 24.3 Å². The Bertz CT molecular complexity index is 375. The van der Waals surface area contributed by atoms with Crippen LogP contribution in [0.4, 0.5) is 0 Å². The quantitative estimate of drug-likeness (QED) is 0.677. The zero-order chi connectivity index (χ0) is 10.2. The van der Waals surface area contributed by atoms with E-state index in [4.69, 9.17) is 5.73 Å². The molecule has 1 radical (unpaired) electrons. The lowest BCUT2D eigenvalue weighted by Crippen LogP contribution is -2.44. The van der Waals surface area contributed by atoms with Crippen LogP contribution in [0.2, 0.25) is 0 Å². The van der Waals surface area contributed by atoms with E-state index in [9.17, 15) is 9.90 Å². The molecule has 0 saturated heterocycles. The SMILES string of the molecule is NC(=O)C1(O)[CH]CCc2ccccc21. The third-order valence-corrected chi connectivity index (χ3v) is 2.66. The molecule has 0 bridgehead atoms. The number of amides is 1. The summed E-state index contributed by atoms with van der Waals surface area (Å²) in [6.07, 6.45) is 3.11. The first-order chi connectivity index (χ1) is 6.64. The van der Waals surface area contributed by atoms with E-state index in [1.165, 1.54) is 0 Å². The van der Waals surface area contributed by atoms with Gasteiger partial charge in [0.15, 0.2) is 5.60 Å². The lowest BCUT2D eigenvalue weighted by atomic mass is 9.79. The smallest absolute Gasteiger partial charge is 0.254 e. The average molecular weight is 190 g/mol. The predicted octanol–water partition coefficient (Wildman–Crippen LogP) is 0.510. The van der Waals surface area contributed by atoms with Crippen molar-refractivity contribution in [3.63, 3.8) is 0 Å². The van der Waals surface area contributed by atoms with Crippen LogP contribution in [0, 0.1) is 6.42 Å². The largest absolute Gasteiger partial charge is 0.375 e. The van der Waals surface area contributed by atoms with E-state index in [1.807, 2.05) is 12.1 Å². The Morgan fingerprint density at radius 3 is 2.86 bits per heavy atom. The highest BCUT2D eigenvalue weighted by atomic mass is 16.3. The lowest BCUT2D eigenvalue weighted by molar-refractivity contribution is -0.134. The van der Waals surface area contributed by atoms with Gasteiger partial charge in [0.2, 0.25) is 0 Å². The first-order valence-electron chi connectivity index (χ1n) is 4.59. The number of carbonyl (C=O) groups is 1. The molecule has 2 rings (SSSR count). The van der Waals surface area contributed by atoms with Gasteiger partial charge in [-0.25, -0.2) is 0 Å². The van der Waals surface area contributed by atoms with Crippen molar-refractivity contribution in [3.8, 4) is 0 Å². The molecule has 1 unspecified atom stereocenters. The van der Waals surface area contributed by atoms with Gasteiger partial charge in [0.25, 0.3) is 5.91 Å². The number of aliphatic hydroxyl groups is 1. The molecule has 1 aromatic carbocycles. The van der Waals surface area contributed by atoms with Gasteiger partial charge in [-0.3, -0.25) is 4.79 Å². The third-order valence-electron chi connectivity index (χ3n) is 2.66. The molecule has 3 heteroatoms. The number of hydrogen-bond donors (Lipinski definition) is 2. The molecule has 3 N–H and O–H groups in total. The third kappa shape index (κ3) is 1.21. The second-order valence-electron chi connectivity index (χ2n) is 3.53. The molecule has 1 aliphatic rings. The zero-order valence-corrected chi connectivity index (χ0v) is 7.73. The first kappa shape index (κ1) is 9.21. The van der Waals surface area contributed by atoms with Crippen molar-refractivity contribution in [1.82, 2.24) is 0 Å². The Balaban J connectivity index is 2.55. The first-order valence-corrected chi connectivity index (χ1v) is 4.59. The molecule has 1 atom stereocenters. The van der Waals surface area contributed by atoms with Gasteiger partial charge in [-0.05, 0) is 24.0 Å². The summed E-state index contributed by atoms with van der Waals surface area (Å²) in [7, 11) is 0. The molecule has 1 amide bonds. The topological polar surface area (TPSA) is 63.3 Å². The van der Waals surface area contributed by atoms with Gasteiger partial charge in [-0.2, -0.15) is 0 Å². The number of carbonyl (C=O) groups excluding carboxylic acids is 1. The highest BCUT2D eigenvalue weighted by molar-refractivity contribution is 5.87. The molecule has 3 nitrogen and oxygen atoms in total. The maximum absolute atomic E-state index is 11.2. The number of benzene rings is 1. The molecule has 1 aliphatic carbocycles. The van der Waals surface area contributed by atoms with E-state index in [1.54, 1.807) is 18.6 Å². The van der Waals surface area contributed by atoms with Gasteiger partial charge >= 0.3 is 0 Å². The minimum Gasteiger partial charge on any atom is -0.375 e. The minimum atomic E-state index is -1.57. The summed E-state index contributed by atoms with van der Waals surface area (Å²) in [4.78, 5) is 11.2. The lowest BCUT2D eigenvalue weighted by Gasteiger charge is -2.31. The number of hydrogen-bond acceptors (Lipinski definition) is 2. The minimum absolute atomic E-state index is 0.624. The van der Waals surface area contributed by atoms with E-state index in [2.05, 4.69) is 0 Å². The van der Waals surface area contributed by atoms with Crippen LogP contribution in [-0.2, 0) is 16.8 Å². The number of primary amides is 1. The molecule has 1 aromatic rings. The van der Waals surface area contributed by atoms with Gasteiger partial charge in [0, 0.05) is 6.42 Å². The van der Waals surface area contributed by atoms with Crippen molar-refractivity contribution < 1.29 is 9.90 Å². The van der Waals surface area contributed by atoms with Crippen LogP contribution in [0.15, 0.2) is 24.3 Å². The molecule has 73 valence electrons. The predicted molar refractivity (Wildman–Crippen MR) is 52.2 cm³/mol. The Morgan fingerprint density at radius 1 is 1.43 bits per heavy atom. The Labute approximate surface area is 82.5 Å². The highest BCUT2D eigenvalue weighted by Crippen LogP contribution is 2.33. The maximum Gasteiger partial charge on any atom is 0.254 e. The van der Waals surface area contributed by atoms with Crippen molar-refractivity contribution in [2.45, 2.75) is 18.4 Å². The maximum atomic E-state index is 11.2. The van der Waals surface area contributed by atoms with Gasteiger partial charge < -0.3 is 10.8 Å². The van der Waals surface area contributed by atoms with Crippen molar-refractivity contribution >= 4 is 5.91 Å². The second-order valence-corrected chi connectivity index (χ2v) is 3.53. The van der Waals surface area contributed by atoms with Crippen LogP contribution in [-0.4, -0.2) is 11.0 Å². The number of aryl methyl sites for hydroxylation is 1. The molecule has 0 spiro atoms. The van der Waals surface area contributed by atoms with Crippen molar-refractivity contribution in [2.24, 2.45) is 5.73 Å². The summed E-state index contributed by atoms with van der Waals surface area (Å²) in [5, 5.41) is 10.1. The van der Waals surface area contributed by atoms with Gasteiger partial charge in [0.05, 0.1) is 0 Å². The van der Waals surface area contributed by atoms with Crippen LogP contribution in [0.1, 0.15) is 17.5 Å². The van der Waals surface area contributed by atoms with Crippen molar-refractivity contribution in [2.75, 3.05) is 0 Å². The van der Waals surface area contributed by atoms with Crippen LogP contribution in [0.3, 0.4) is 0 Å². The Hall–Kier alpha value is -1.35. The summed E-state index contributed by atoms with van der Waals surface area (Å²) in [5.41, 5.74) is 5.24. The molecule has 0 heterocycles.